The largest absolute Gasteiger partial charge is 0.447 e. The van der Waals surface area contributed by atoms with Gasteiger partial charge in [0.25, 0.3) is 0 Å². The van der Waals surface area contributed by atoms with E-state index in [1.807, 2.05) is 55.6 Å². The molecule has 0 spiro atoms. The molecule has 0 bridgehead atoms. The van der Waals surface area contributed by atoms with Gasteiger partial charge >= 0.3 is 6.09 Å². The Morgan fingerprint density at radius 1 is 1.18 bits per heavy atom. The number of imidazole rings is 1. The molecular formula is C22H27N7O3S. The van der Waals surface area contributed by atoms with Gasteiger partial charge in [-0.3, -0.25) is 14.8 Å². The van der Waals surface area contributed by atoms with Crippen LogP contribution in [0.15, 0.2) is 58.7 Å². The predicted molar refractivity (Wildman–Crippen MR) is 128 cm³/mol. The molecule has 1 amide bonds. The number of hydrogen-bond acceptors (Lipinski definition) is 8. The van der Waals surface area contributed by atoms with Crippen molar-refractivity contribution in [3.8, 4) is 0 Å². The molecule has 0 fully saturated rings. The second-order valence-corrected chi connectivity index (χ2v) is 7.61. The van der Waals surface area contributed by atoms with Crippen LogP contribution >= 0.6 is 11.8 Å². The van der Waals surface area contributed by atoms with Crippen molar-refractivity contribution in [1.29, 1.82) is 0 Å². The SMILES string of the molecule is CC.COCCOC(=O)Nc1ccc(Sc2cc3nccn3c(Nc3cc(C)[nH]n3)n2)cc1. The van der Waals surface area contributed by atoms with Crippen LogP contribution in [0.5, 0.6) is 0 Å². The van der Waals surface area contributed by atoms with Crippen molar-refractivity contribution in [3.05, 3.63) is 54.5 Å². The second-order valence-electron chi connectivity index (χ2n) is 6.51. The zero-order valence-corrected chi connectivity index (χ0v) is 19.8. The minimum atomic E-state index is -0.520. The summed E-state index contributed by atoms with van der Waals surface area (Å²) in [6.45, 7) is 6.49. The molecule has 3 aromatic heterocycles. The number of rotatable bonds is 8. The fourth-order valence-corrected chi connectivity index (χ4v) is 3.55. The predicted octanol–water partition coefficient (Wildman–Crippen LogP) is 4.88. The van der Waals surface area contributed by atoms with Gasteiger partial charge in [0.05, 0.1) is 6.61 Å². The van der Waals surface area contributed by atoms with Crippen LogP contribution in [0.3, 0.4) is 0 Å². The minimum absolute atomic E-state index is 0.201. The number of methoxy groups -OCH3 is 1. The van der Waals surface area contributed by atoms with Crippen LogP contribution in [0.1, 0.15) is 19.5 Å². The number of ether oxygens (including phenoxy) is 2. The van der Waals surface area contributed by atoms with E-state index in [0.717, 1.165) is 21.3 Å². The first-order valence-electron chi connectivity index (χ1n) is 10.4. The zero-order chi connectivity index (χ0) is 23.6. The van der Waals surface area contributed by atoms with Crippen molar-refractivity contribution < 1.29 is 14.3 Å². The second kappa shape index (κ2) is 11.9. The summed E-state index contributed by atoms with van der Waals surface area (Å²) in [6.07, 6.45) is 3.04. The molecule has 1 aromatic carbocycles. The van der Waals surface area contributed by atoms with Gasteiger partial charge in [0.2, 0.25) is 5.95 Å². The first-order valence-corrected chi connectivity index (χ1v) is 11.3. The van der Waals surface area contributed by atoms with E-state index >= 15 is 0 Å². The molecule has 0 radical (unpaired) electrons. The van der Waals surface area contributed by atoms with Crippen molar-refractivity contribution in [2.24, 2.45) is 0 Å². The van der Waals surface area contributed by atoms with Gasteiger partial charge in [-0.1, -0.05) is 25.6 Å². The lowest BCUT2D eigenvalue weighted by Crippen LogP contribution is -2.16. The van der Waals surface area contributed by atoms with Crippen LogP contribution in [0, 0.1) is 6.92 Å². The lowest BCUT2D eigenvalue weighted by atomic mass is 10.3. The number of carbonyl (C=O) groups is 1. The Balaban J connectivity index is 0.00000149. The lowest BCUT2D eigenvalue weighted by molar-refractivity contribution is 0.107. The Morgan fingerprint density at radius 3 is 2.67 bits per heavy atom. The first kappa shape index (κ1) is 24.1. The van der Waals surface area contributed by atoms with Crippen molar-refractivity contribution in [2.75, 3.05) is 31.0 Å². The number of nitrogens with one attached hydrogen (secondary N) is 3. The molecule has 10 nitrogen and oxygen atoms in total. The molecule has 174 valence electrons. The van der Waals surface area contributed by atoms with Crippen LogP contribution < -0.4 is 10.6 Å². The third-order valence-corrected chi connectivity index (χ3v) is 5.08. The van der Waals surface area contributed by atoms with E-state index in [1.54, 1.807) is 25.4 Å². The molecule has 3 heterocycles. The number of amides is 1. The number of aromatic amines is 1. The van der Waals surface area contributed by atoms with Gasteiger partial charge < -0.3 is 14.8 Å². The number of carbonyl (C=O) groups excluding carboxylic acids is 1. The van der Waals surface area contributed by atoms with Gasteiger partial charge in [0.15, 0.2) is 5.82 Å². The molecule has 33 heavy (non-hydrogen) atoms. The summed E-state index contributed by atoms with van der Waals surface area (Å²) in [5, 5.41) is 13.8. The summed E-state index contributed by atoms with van der Waals surface area (Å²) < 4.78 is 11.7. The fraction of sp³-hybridized carbons (Fsp3) is 0.273. The van der Waals surface area contributed by atoms with E-state index in [2.05, 4.69) is 25.8 Å². The maximum atomic E-state index is 11.7. The van der Waals surface area contributed by atoms with E-state index in [1.165, 1.54) is 11.8 Å². The Morgan fingerprint density at radius 2 is 1.97 bits per heavy atom. The number of hydrogen-bond donors (Lipinski definition) is 3. The normalized spacial score (nSPS) is 10.4. The number of benzene rings is 1. The van der Waals surface area contributed by atoms with E-state index in [4.69, 9.17) is 14.5 Å². The highest BCUT2D eigenvalue weighted by atomic mass is 32.2. The van der Waals surface area contributed by atoms with Crippen LogP contribution in [-0.4, -0.2) is 51.0 Å². The number of nitrogens with zero attached hydrogens (tertiary/aromatic N) is 4. The van der Waals surface area contributed by atoms with Gasteiger partial charge in [0, 0.05) is 47.9 Å². The van der Waals surface area contributed by atoms with Gasteiger partial charge in [0.1, 0.15) is 17.3 Å². The number of anilines is 3. The summed E-state index contributed by atoms with van der Waals surface area (Å²) >= 11 is 1.49. The minimum Gasteiger partial charge on any atom is -0.447 e. The quantitative estimate of drug-likeness (QED) is 0.247. The summed E-state index contributed by atoms with van der Waals surface area (Å²) in [4.78, 5) is 21.8. The molecule has 0 atom stereocenters. The van der Waals surface area contributed by atoms with Crippen molar-refractivity contribution in [2.45, 2.75) is 30.7 Å². The molecule has 4 aromatic rings. The average Bonchev–Trinajstić information content (AvgIpc) is 3.45. The Kier molecular flexibility index (Phi) is 8.67. The monoisotopic (exact) mass is 469 g/mol. The molecule has 0 aliphatic carbocycles. The molecule has 11 heteroatoms. The molecular weight excluding hydrogens is 442 g/mol. The molecule has 0 aliphatic rings. The Hall–Kier alpha value is -3.57. The maximum Gasteiger partial charge on any atom is 0.411 e. The topological polar surface area (TPSA) is 118 Å². The summed E-state index contributed by atoms with van der Waals surface area (Å²) in [5.41, 5.74) is 2.36. The number of aryl methyl sites for hydroxylation is 1. The van der Waals surface area contributed by atoms with Crippen molar-refractivity contribution in [1.82, 2.24) is 24.6 Å². The Bertz CT molecular complexity index is 1170. The summed E-state index contributed by atoms with van der Waals surface area (Å²) in [6, 6.07) is 11.2. The van der Waals surface area contributed by atoms with E-state index in [0.29, 0.717) is 24.1 Å². The van der Waals surface area contributed by atoms with Crippen LogP contribution in [0.2, 0.25) is 0 Å². The number of fused-ring (bicyclic) bond motifs is 1. The third kappa shape index (κ3) is 6.70. The third-order valence-electron chi connectivity index (χ3n) is 4.16. The van der Waals surface area contributed by atoms with Crippen molar-refractivity contribution in [3.63, 3.8) is 0 Å². The maximum absolute atomic E-state index is 11.7. The molecule has 0 aliphatic heterocycles. The first-order chi connectivity index (χ1) is 16.1. The Labute approximate surface area is 196 Å². The molecule has 0 saturated heterocycles. The van der Waals surface area contributed by atoms with E-state index in [9.17, 15) is 4.79 Å². The summed E-state index contributed by atoms with van der Waals surface area (Å²) in [7, 11) is 1.55. The van der Waals surface area contributed by atoms with E-state index in [-0.39, 0.29) is 6.61 Å². The lowest BCUT2D eigenvalue weighted by Gasteiger charge is -2.09. The number of H-pyrrole nitrogens is 1. The van der Waals surface area contributed by atoms with Gasteiger partial charge in [-0.15, -0.1) is 0 Å². The molecule has 3 N–H and O–H groups in total. The van der Waals surface area contributed by atoms with Crippen LogP contribution in [-0.2, 0) is 9.47 Å². The van der Waals surface area contributed by atoms with E-state index < -0.39 is 6.09 Å². The standard InChI is InChI=1S/C20H21N7O3S.C2H6/c1-13-11-16(26-25-13)23-19-24-18(12-17-21-7-8-27(17)19)31-15-5-3-14(4-6-15)22-20(28)30-10-9-29-2;1-2/h3-8,11-12H,9-10H2,1-2H3,(H,22,28)(H2,23,24,25,26);1-2H3. The highest BCUT2D eigenvalue weighted by molar-refractivity contribution is 7.99. The molecule has 4 rings (SSSR count). The van der Waals surface area contributed by atoms with Crippen LogP contribution in [0.4, 0.5) is 22.2 Å². The van der Waals surface area contributed by atoms with Gasteiger partial charge in [-0.05, 0) is 31.2 Å². The summed E-state index contributed by atoms with van der Waals surface area (Å²) in [5.74, 6) is 1.29. The van der Waals surface area contributed by atoms with Gasteiger partial charge in [-0.2, -0.15) is 5.10 Å². The zero-order valence-electron chi connectivity index (χ0n) is 19.0. The fourth-order valence-electron chi connectivity index (χ4n) is 2.74. The molecule has 0 unspecified atom stereocenters. The van der Waals surface area contributed by atoms with Gasteiger partial charge in [-0.25, -0.2) is 14.8 Å². The molecule has 0 saturated carbocycles. The van der Waals surface area contributed by atoms with Crippen LogP contribution in [0.25, 0.3) is 5.65 Å². The van der Waals surface area contributed by atoms with Crippen molar-refractivity contribution >= 4 is 41.0 Å². The number of aromatic nitrogens is 5. The highest BCUT2D eigenvalue weighted by Crippen LogP contribution is 2.29. The average molecular weight is 470 g/mol. The highest BCUT2D eigenvalue weighted by Gasteiger charge is 2.10. The smallest absolute Gasteiger partial charge is 0.411 e.